The number of likely N-dealkylation sites (tertiary alicyclic amines) is 1. The standard InChI is InChI=1S/C14H29N5O4S/c1-14(2,18-24(5,21)22)10-16-12(15-3)17-11-6-8-19(9-7-11)13(20)23-4/h11,18H,6-10H2,1-5H3,(H2,15,16,17). The van der Waals surface area contributed by atoms with Crippen molar-refractivity contribution in [2.75, 3.05) is 40.0 Å². The minimum Gasteiger partial charge on any atom is -0.453 e. The van der Waals surface area contributed by atoms with Crippen LogP contribution in [-0.2, 0) is 14.8 Å². The Morgan fingerprint density at radius 1 is 1.33 bits per heavy atom. The van der Waals surface area contributed by atoms with Crippen LogP contribution < -0.4 is 15.4 Å². The molecule has 24 heavy (non-hydrogen) atoms. The summed E-state index contributed by atoms with van der Waals surface area (Å²) in [7, 11) is -0.238. The van der Waals surface area contributed by atoms with E-state index in [2.05, 4.69) is 20.3 Å². The van der Waals surface area contributed by atoms with Gasteiger partial charge in [0.05, 0.1) is 13.4 Å². The van der Waals surface area contributed by atoms with Crippen molar-refractivity contribution in [2.45, 2.75) is 38.3 Å². The zero-order chi connectivity index (χ0) is 18.4. The van der Waals surface area contributed by atoms with Gasteiger partial charge in [-0.25, -0.2) is 17.9 Å². The van der Waals surface area contributed by atoms with Gasteiger partial charge in [-0.3, -0.25) is 4.99 Å². The number of hydrogen-bond donors (Lipinski definition) is 3. The van der Waals surface area contributed by atoms with Crippen molar-refractivity contribution in [2.24, 2.45) is 4.99 Å². The maximum absolute atomic E-state index is 11.5. The van der Waals surface area contributed by atoms with Crippen molar-refractivity contribution in [1.29, 1.82) is 0 Å². The minimum atomic E-state index is -3.28. The van der Waals surface area contributed by atoms with Gasteiger partial charge in [-0.1, -0.05) is 0 Å². The molecule has 9 nitrogen and oxygen atoms in total. The summed E-state index contributed by atoms with van der Waals surface area (Å²) in [6, 6.07) is 0.197. The molecule has 0 atom stereocenters. The Balaban J connectivity index is 2.45. The van der Waals surface area contributed by atoms with Gasteiger partial charge in [-0.05, 0) is 26.7 Å². The molecule has 0 aromatic carbocycles. The Hall–Kier alpha value is -1.55. The van der Waals surface area contributed by atoms with Crippen LogP contribution >= 0.6 is 0 Å². The molecule has 1 aliphatic heterocycles. The highest BCUT2D eigenvalue weighted by Crippen LogP contribution is 2.11. The van der Waals surface area contributed by atoms with E-state index in [4.69, 9.17) is 4.74 Å². The normalized spacial score (nSPS) is 17.5. The van der Waals surface area contributed by atoms with Gasteiger partial charge in [0.25, 0.3) is 0 Å². The number of carbonyl (C=O) groups is 1. The monoisotopic (exact) mass is 363 g/mol. The van der Waals surface area contributed by atoms with Crippen LogP contribution in [0.1, 0.15) is 26.7 Å². The van der Waals surface area contributed by atoms with E-state index >= 15 is 0 Å². The second-order valence-corrected chi connectivity index (χ2v) is 8.31. The van der Waals surface area contributed by atoms with Gasteiger partial charge in [0.15, 0.2) is 5.96 Å². The SMILES string of the molecule is CN=C(NCC(C)(C)NS(C)(=O)=O)NC1CCN(C(=O)OC)CC1. The molecule has 140 valence electrons. The number of carbonyl (C=O) groups excluding carboxylic acids is 1. The first-order valence-electron chi connectivity index (χ1n) is 7.85. The van der Waals surface area contributed by atoms with Crippen molar-refractivity contribution in [1.82, 2.24) is 20.3 Å². The van der Waals surface area contributed by atoms with Crippen molar-refractivity contribution >= 4 is 22.1 Å². The quantitative estimate of drug-likeness (QED) is 0.457. The number of nitrogens with zero attached hydrogens (tertiary/aromatic N) is 2. The first-order chi connectivity index (χ1) is 11.1. The predicted molar refractivity (Wildman–Crippen MR) is 93.6 cm³/mol. The third-order valence-corrected chi connectivity index (χ3v) is 4.58. The first-order valence-corrected chi connectivity index (χ1v) is 9.74. The molecule has 0 aromatic heterocycles. The van der Waals surface area contributed by atoms with Gasteiger partial charge in [-0.2, -0.15) is 0 Å². The summed E-state index contributed by atoms with van der Waals surface area (Å²) >= 11 is 0. The second kappa shape index (κ2) is 8.52. The topological polar surface area (TPSA) is 112 Å². The number of methoxy groups -OCH3 is 1. The van der Waals surface area contributed by atoms with Crippen molar-refractivity contribution < 1.29 is 17.9 Å². The lowest BCUT2D eigenvalue weighted by molar-refractivity contribution is 0.111. The number of sulfonamides is 1. The predicted octanol–water partition coefficient (Wildman–Crippen LogP) is -0.290. The Bertz CT molecular complexity index is 554. The number of aliphatic imine (C=N–C) groups is 1. The van der Waals surface area contributed by atoms with E-state index in [0.29, 0.717) is 25.6 Å². The molecule has 1 heterocycles. The van der Waals surface area contributed by atoms with Crippen LogP contribution in [0.25, 0.3) is 0 Å². The van der Waals surface area contributed by atoms with Crippen LogP contribution in [0.5, 0.6) is 0 Å². The fourth-order valence-corrected chi connectivity index (χ4v) is 3.64. The fourth-order valence-electron chi connectivity index (χ4n) is 2.57. The van der Waals surface area contributed by atoms with Gasteiger partial charge in [-0.15, -0.1) is 0 Å². The highest BCUT2D eigenvalue weighted by atomic mass is 32.2. The van der Waals surface area contributed by atoms with Crippen LogP contribution in [0, 0.1) is 0 Å². The molecule has 0 saturated carbocycles. The van der Waals surface area contributed by atoms with E-state index in [-0.39, 0.29) is 12.1 Å². The van der Waals surface area contributed by atoms with E-state index < -0.39 is 15.6 Å². The molecule has 0 radical (unpaired) electrons. The number of ether oxygens (including phenoxy) is 1. The van der Waals surface area contributed by atoms with Crippen molar-refractivity contribution in [3.63, 3.8) is 0 Å². The van der Waals surface area contributed by atoms with Crippen LogP contribution in [-0.4, -0.2) is 77.0 Å². The Labute approximate surface area is 144 Å². The number of hydrogen-bond acceptors (Lipinski definition) is 5. The summed E-state index contributed by atoms with van der Waals surface area (Å²) in [6.07, 6.45) is 2.42. The van der Waals surface area contributed by atoms with Gasteiger partial charge in [0, 0.05) is 38.3 Å². The number of rotatable bonds is 5. The number of amides is 1. The highest BCUT2D eigenvalue weighted by Gasteiger charge is 2.25. The Morgan fingerprint density at radius 3 is 2.38 bits per heavy atom. The van der Waals surface area contributed by atoms with Gasteiger partial charge in [0.1, 0.15) is 0 Å². The lowest BCUT2D eigenvalue weighted by atomic mass is 10.1. The summed E-state index contributed by atoms with van der Waals surface area (Å²) in [5, 5.41) is 6.43. The molecule has 3 N–H and O–H groups in total. The average Bonchev–Trinajstić information content (AvgIpc) is 2.49. The van der Waals surface area contributed by atoms with Gasteiger partial charge in [0.2, 0.25) is 10.0 Å². The van der Waals surface area contributed by atoms with Crippen molar-refractivity contribution in [3.05, 3.63) is 0 Å². The van der Waals surface area contributed by atoms with Crippen molar-refractivity contribution in [3.8, 4) is 0 Å². The number of guanidine groups is 1. The number of nitrogens with one attached hydrogen (secondary N) is 3. The molecular weight excluding hydrogens is 334 g/mol. The maximum Gasteiger partial charge on any atom is 0.409 e. The highest BCUT2D eigenvalue weighted by molar-refractivity contribution is 7.88. The van der Waals surface area contributed by atoms with E-state index in [0.717, 1.165) is 19.1 Å². The van der Waals surface area contributed by atoms with E-state index in [9.17, 15) is 13.2 Å². The summed E-state index contributed by atoms with van der Waals surface area (Å²) in [6.45, 7) is 5.23. The summed E-state index contributed by atoms with van der Waals surface area (Å²) in [5.74, 6) is 0.606. The molecule has 1 fully saturated rings. The second-order valence-electron chi connectivity index (χ2n) is 6.56. The lowest BCUT2D eigenvalue weighted by Crippen LogP contribution is -2.55. The third-order valence-electron chi connectivity index (χ3n) is 3.65. The lowest BCUT2D eigenvalue weighted by Gasteiger charge is -2.33. The zero-order valence-corrected chi connectivity index (χ0v) is 15.9. The summed E-state index contributed by atoms with van der Waals surface area (Å²) < 4.78 is 30.0. The van der Waals surface area contributed by atoms with Gasteiger partial charge < -0.3 is 20.3 Å². The van der Waals surface area contributed by atoms with Crippen LogP contribution in [0.3, 0.4) is 0 Å². The van der Waals surface area contributed by atoms with E-state index in [1.165, 1.54) is 7.11 Å². The Kier molecular flexibility index (Phi) is 7.27. The molecule has 1 rings (SSSR count). The molecule has 1 aliphatic rings. The first kappa shape index (κ1) is 20.5. The minimum absolute atomic E-state index is 0.197. The molecule has 1 saturated heterocycles. The van der Waals surface area contributed by atoms with Gasteiger partial charge >= 0.3 is 6.09 Å². The van der Waals surface area contributed by atoms with Crippen LogP contribution in [0.15, 0.2) is 4.99 Å². The summed E-state index contributed by atoms with van der Waals surface area (Å²) in [5.41, 5.74) is -0.639. The van der Waals surface area contributed by atoms with E-state index in [1.54, 1.807) is 25.8 Å². The van der Waals surface area contributed by atoms with E-state index in [1.807, 2.05) is 0 Å². The molecule has 0 spiro atoms. The average molecular weight is 363 g/mol. The molecule has 0 aliphatic carbocycles. The Morgan fingerprint density at radius 2 is 1.92 bits per heavy atom. The third kappa shape index (κ3) is 7.35. The molecular formula is C14H29N5O4S. The zero-order valence-electron chi connectivity index (χ0n) is 15.0. The maximum atomic E-state index is 11.5. The fraction of sp³-hybridized carbons (Fsp3) is 0.857. The smallest absolute Gasteiger partial charge is 0.409 e. The molecule has 0 unspecified atom stereocenters. The van der Waals surface area contributed by atoms with Crippen LogP contribution in [0.4, 0.5) is 4.79 Å². The molecule has 0 aromatic rings. The van der Waals surface area contributed by atoms with Crippen LogP contribution in [0.2, 0.25) is 0 Å². The summed E-state index contributed by atoms with van der Waals surface area (Å²) in [4.78, 5) is 17.3. The molecule has 10 heteroatoms. The molecule has 1 amide bonds. The largest absolute Gasteiger partial charge is 0.453 e. The molecule has 0 bridgehead atoms. The number of piperidine rings is 1.